The summed E-state index contributed by atoms with van der Waals surface area (Å²) in [5.41, 5.74) is -0.512. The Balaban J connectivity index is 2.48. The third kappa shape index (κ3) is 3.57. The van der Waals surface area contributed by atoms with Crippen molar-refractivity contribution in [1.82, 2.24) is 4.42 Å². The van der Waals surface area contributed by atoms with E-state index in [1.54, 1.807) is 31.2 Å². The quantitative estimate of drug-likeness (QED) is 0.360. The SMILES string of the molecule is CCOC(=O)C1=NCN(Cl)C(Nc2ccccc2OC)=C1[N+](=O)[O-]. The summed E-state index contributed by atoms with van der Waals surface area (Å²) in [6.45, 7) is 1.52. The molecule has 24 heavy (non-hydrogen) atoms. The van der Waals surface area contributed by atoms with Crippen LogP contribution >= 0.6 is 11.8 Å². The normalized spacial score (nSPS) is 14.1. The highest BCUT2D eigenvalue weighted by atomic mass is 35.5. The smallest absolute Gasteiger partial charge is 0.363 e. The largest absolute Gasteiger partial charge is 0.495 e. The number of hydrogen-bond acceptors (Lipinski definition) is 8. The summed E-state index contributed by atoms with van der Waals surface area (Å²) in [7, 11) is 1.47. The number of aliphatic imine (C=N–C) groups is 1. The Morgan fingerprint density at radius 3 is 2.83 bits per heavy atom. The lowest BCUT2D eigenvalue weighted by molar-refractivity contribution is -0.417. The van der Waals surface area contributed by atoms with E-state index in [0.717, 1.165) is 4.42 Å². The molecule has 1 aromatic carbocycles. The van der Waals surface area contributed by atoms with Crippen molar-refractivity contribution in [1.29, 1.82) is 0 Å². The summed E-state index contributed by atoms with van der Waals surface area (Å²) in [5, 5.41) is 14.3. The number of anilines is 1. The topological polar surface area (TPSA) is 106 Å². The van der Waals surface area contributed by atoms with Crippen molar-refractivity contribution in [3.8, 4) is 5.75 Å². The number of nitro groups is 1. The van der Waals surface area contributed by atoms with Gasteiger partial charge in [0.05, 0.1) is 24.3 Å². The van der Waals surface area contributed by atoms with E-state index in [0.29, 0.717) is 11.4 Å². The molecule has 0 saturated carbocycles. The minimum Gasteiger partial charge on any atom is -0.495 e. The summed E-state index contributed by atoms with van der Waals surface area (Å²) in [6, 6.07) is 6.80. The van der Waals surface area contributed by atoms with Crippen LogP contribution in [0.4, 0.5) is 5.69 Å². The van der Waals surface area contributed by atoms with Crippen LogP contribution in [0, 0.1) is 10.1 Å². The van der Waals surface area contributed by atoms with Crippen LogP contribution in [-0.2, 0) is 9.53 Å². The third-order valence-electron chi connectivity index (χ3n) is 3.06. The van der Waals surface area contributed by atoms with E-state index in [1.807, 2.05) is 0 Å². The number of halogens is 1. The number of benzene rings is 1. The molecule has 1 aliphatic rings. The molecule has 0 spiro atoms. The standard InChI is InChI=1S/C14H15ClN4O5/c1-3-24-14(20)11-12(19(21)22)13(18(15)8-16-11)17-9-6-4-5-7-10(9)23-2/h4-7,17H,3,8H2,1-2H3. The molecule has 0 aliphatic carbocycles. The molecule has 0 unspecified atom stereocenters. The average Bonchev–Trinajstić information content (AvgIpc) is 2.56. The first-order valence-corrected chi connectivity index (χ1v) is 7.27. The van der Waals surface area contributed by atoms with Crippen LogP contribution in [0.5, 0.6) is 5.75 Å². The predicted molar refractivity (Wildman–Crippen MR) is 87.3 cm³/mol. The number of hydrogen-bond donors (Lipinski definition) is 1. The number of carbonyl (C=O) groups is 1. The van der Waals surface area contributed by atoms with Crippen LogP contribution in [0.1, 0.15) is 6.92 Å². The zero-order valence-corrected chi connectivity index (χ0v) is 13.7. The number of esters is 1. The number of ether oxygens (including phenoxy) is 2. The second-order valence-corrected chi connectivity index (χ2v) is 4.92. The maximum Gasteiger partial charge on any atom is 0.363 e. The number of rotatable bonds is 6. The molecule has 1 aromatic rings. The average molecular weight is 355 g/mol. The van der Waals surface area contributed by atoms with Gasteiger partial charge in [0.25, 0.3) is 0 Å². The summed E-state index contributed by atoms with van der Waals surface area (Å²) in [4.78, 5) is 26.5. The minimum atomic E-state index is -0.881. The highest BCUT2D eigenvalue weighted by Crippen LogP contribution is 2.29. The first-order chi connectivity index (χ1) is 11.5. The maximum atomic E-state index is 11.9. The molecule has 9 nitrogen and oxygen atoms in total. The lowest BCUT2D eigenvalue weighted by atomic mass is 10.2. The van der Waals surface area contributed by atoms with Crippen LogP contribution in [0.2, 0.25) is 0 Å². The van der Waals surface area contributed by atoms with Gasteiger partial charge in [0, 0.05) is 11.8 Å². The van der Waals surface area contributed by atoms with Gasteiger partial charge in [0.2, 0.25) is 11.5 Å². The number of methoxy groups -OCH3 is 1. The molecule has 1 N–H and O–H groups in total. The Labute approximate surface area is 142 Å². The Kier molecular flexibility index (Phi) is 5.59. The van der Waals surface area contributed by atoms with Gasteiger partial charge in [-0.2, -0.15) is 0 Å². The highest BCUT2D eigenvalue weighted by Gasteiger charge is 2.38. The van der Waals surface area contributed by atoms with E-state index >= 15 is 0 Å². The van der Waals surface area contributed by atoms with Crippen molar-refractivity contribution < 1.29 is 19.2 Å². The number of nitrogens with one attached hydrogen (secondary N) is 1. The molecule has 10 heteroatoms. The monoisotopic (exact) mass is 354 g/mol. The van der Waals surface area contributed by atoms with Gasteiger partial charge in [-0.3, -0.25) is 10.1 Å². The van der Waals surface area contributed by atoms with Crippen molar-refractivity contribution in [2.24, 2.45) is 4.99 Å². The molecule has 1 heterocycles. The molecule has 0 radical (unpaired) electrons. The number of carbonyl (C=O) groups excluding carboxylic acids is 1. The zero-order valence-electron chi connectivity index (χ0n) is 13.0. The van der Waals surface area contributed by atoms with Crippen molar-refractivity contribution >= 4 is 29.1 Å². The van der Waals surface area contributed by atoms with Crippen molar-refractivity contribution in [3.63, 3.8) is 0 Å². The van der Waals surface area contributed by atoms with E-state index in [4.69, 9.17) is 21.3 Å². The summed E-state index contributed by atoms with van der Waals surface area (Å²) >= 11 is 6.02. The molecule has 0 bridgehead atoms. The molecule has 2 rings (SSSR count). The van der Waals surface area contributed by atoms with E-state index in [-0.39, 0.29) is 19.1 Å². The third-order valence-corrected chi connectivity index (χ3v) is 3.33. The highest BCUT2D eigenvalue weighted by molar-refractivity contribution is 6.43. The van der Waals surface area contributed by atoms with Crippen molar-refractivity contribution in [2.45, 2.75) is 6.92 Å². The van der Waals surface area contributed by atoms with Gasteiger partial charge >= 0.3 is 11.7 Å². The first kappa shape index (κ1) is 17.5. The van der Waals surface area contributed by atoms with Crippen LogP contribution in [0.25, 0.3) is 0 Å². The maximum absolute atomic E-state index is 11.9. The van der Waals surface area contributed by atoms with Gasteiger partial charge in [-0.15, -0.1) is 0 Å². The van der Waals surface area contributed by atoms with Gasteiger partial charge < -0.3 is 14.8 Å². The van der Waals surface area contributed by atoms with E-state index in [9.17, 15) is 14.9 Å². The van der Waals surface area contributed by atoms with Gasteiger partial charge in [-0.05, 0) is 19.1 Å². The van der Waals surface area contributed by atoms with Gasteiger partial charge in [-0.25, -0.2) is 14.2 Å². The summed E-state index contributed by atoms with van der Waals surface area (Å²) in [6.07, 6.45) is 0. The second-order valence-electron chi connectivity index (χ2n) is 4.51. The predicted octanol–water partition coefficient (Wildman–Crippen LogP) is 1.98. The van der Waals surface area contributed by atoms with E-state index in [2.05, 4.69) is 10.3 Å². The Hall–Kier alpha value is -2.81. The number of para-hydroxylation sites is 2. The zero-order chi connectivity index (χ0) is 17.7. The van der Waals surface area contributed by atoms with Crippen molar-refractivity contribution in [3.05, 3.63) is 45.9 Å². The molecule has 0 atom stereocenters. The molecule has 1 aliphatic heterocycles. The number of nitrogens with zero attached hydrogens (tertiary/aromatic N) is 3. The molecular weight excluding hydrogens is 340 g/mol. The van der Waals surface area contributed by atoms with Crippen LogP contribution in [-0.4, -0.2) is 41.4 Å². The van der Waals surface area contributed by atoms with E-state index < -0.39 is 22.3 Å². The van der Waals surface area contributed by atoms with Gasteiger partial charge in [0.15, 0.2) is 0 Å². The fourth-order valence-electron chi connectivity index (χ4n) is 2.03. The molecule has 128 valence electrons. The molecule has 0 aromatic heterocycles. The lowest BCUT2D eigenvalue weighted by Crippen LogP contribution is -2.35. The Morgan fingerprint density at radius 1 is 1.50 bits per heavy atom. The van der Waals surface area contributed by atoms with Crippen molar-refractivity contribution in [2.75, 3.05) is 25.7 Å². The Morgan fingerprint density at radius 2 is 2.21 bits per heavy atom. The Bertz CT molecular complexity index is 719. The fraction of sp³-hybridized carbons (Fsp3) is 0.286. The summed E-state index contributed by atoms with van der Waals surface area (Å²) < 4.78 is 11.0. The molecule has 0 amide bonds. The lowest BCUT2D eigenvalue weighted by Gasteiger charge is -2.23. The molecular formula is C14H15ClN4O5. The van der Waals surface area contributed by atoms with Crippen LogP contribution < -0.4 is 10.1 Å². The van der Waals surface area contributed by atoms with Gasteiger partial charge in [-0.1, -0.05) is 12.1 Å². The first-order valence-electron chi connectivity index (χ1n) is 6.93. The van der Waals surface area contributed by atoms with E-state index in [1.165, 1.54) is 7.11 Å². The molecule has 0 fully saturated rings. The minimum absolute atomic E-state index is 0.0721. The van der Waals surface area contributed by atoms with Crippen LogP contribution in [0.3, 0.4) is 0 Å². The van der Waals surface area contributed by atoms with Gasteiger partial charge in [0.1, 0.15) is 12.4 Å². The van der Waals surface area contributed by atoms with Crippen LogP contribution in [0.15, 0.2) is 40.8 Å². The second kappa shape index (κ2) is 7.64. The molecule has 0 saturated heterocycles. The fourth-order valence-corrected chi connectivity index (χ4v) is 2.21. The summed E-state index contributed by atoms with van der Waals surface area (Å²) in [5.74, 6) is -0.518.